The summed E-state index contributed by atoms with van der Waals surface area (Å²) in [5, 5.41) is -0.485. The molecule has 2 aromatic rings. The predicted molar refractivity (Wildman–Crippen MR) is 65.1 cm³/mol. The molecule has 0 amide bonds. The molecule has 0 radical (unpaired) electrons. The van der Waals surface area contributed by atoms with Crippen molar-refractivity contribution in [1.29, 1.82) is 0 Å². The molecule has 0 fully saturated rings. The Labute approximate surface area is 111 Å². The summed E-state index contributed by atoms with van der Waals surface area (Å²) in [6.07, 6.45) is 0.244. The van der Waals surface area contributed by atoms with Gasteiger partial charge in [-0.2, -0.15) is 0 Å². The molecule has 1 aromatic heterocycles. The van der Waals surface area contributed by atoms with Gasteiger partial charge in [0.15, 0.2) is 4.67 Å². The fourth-order valence-electron chi connectivity index (χ4n) is 1.48. The van der Waals surface area contributed by atoms with Gasteiger partial charge in [-0.15, -0.1) is 11.6 Å². The van der Waals surface area contributed by atoms with Gasteiger partial charge < -0.3 is 4.42 Å². The van der Waals surface area contributed by atoms with Gasteiger partial charge in [0.2, 0.25) is 0 Å². The first-order chi connectivity index (χ1) is 8.06. The monoisotopic (exact) mass is 320 g/mol. The minimum absolute atomic E-state index is 0.244. The lowest BCUT2D eigenvalue weighted by Crippen LogP contribution is -1.98. The van der Waals surface area contributed by atoms with Crippen LogP contribution in [0, 0.1) is 11.6 Å². The maximum absolute atomic E-state index is 13.4. The lowest BCUT2D eigenvalue weighted by atomic mass is 10.1. The van der Waals surface area contributed by atoms with Crippen molar-refractivity contribution in [3.63, 3.8) is 0 Å². The van der Waals surface area contributed by atoms with Crippen molar-refractivity contribution in [1.82, 2.24) is 0 Å². The third-order valence-electron chi connectivity index (χ3n) is 2.32. The van der Waals surface area contributed by atoms with Crippen molar-refractivity contribution in [3.05, 3.63) is 58.0 Å². The van der Waals surface area contributed by atoms with Crippen molar-refractivity contribution in [2.75, 3.05) is 0 Å². The van der Waals surface area contributed by atoms with Gasteiger partial charge >= 0.3 is 0 Å². The minimum Gasteiger partial charge on any atom is -0.453 e. The summed E-state index contributed by atoms with van der Waals surface area (Å²) < 4.78 is 31.9. The molecule has 0 saturated carbocycles. The van der Waals surface area contributed by atoms with Gasteiger partial charge in [-0.1, -0.05) is 6.07 Å². The third kappa shape index (κ3) is 3.07. The average molecular weight is 322 g/mol. The standard InChI is InChI=1S/C12H8BrClF2O/c13-12-4-3-11(17-12)9(14)5-7-1-2-8(15)6-10(7)16/h1-4,6,9H,5H2. The second-order valence-electron chi connectivity index (χ2n) is 3.55. The van der Waals surface area contributed by atoms with Crippen LogP contribution in [0.2, 0.25) is 0 Å². The van der Waals surface area contributed by atoms with Gasteiger partial charge in [0.05, 0.1) is 5.38 Å². The molecule has 5 heteroatoms. The van der Waals surface area contributed by atoms with Crippen LogP contribution in [0.4, 0.5) is 8.78 Å². The van der Waals surface area contributed by atoms with Gasteiger partial charge in [0.25, 0.3) is 0 Å². The molecule has 1 atom stereocenters. The summed E-state index contributed by atoms with van der Waals surface area (Å²) in [5.41, 5.74) is 0.360. The van der Waals surface area contributed by atoms with Crippen LogP contribution in [0.3, 0.4) is 0 Å². The summed E-state index contributed by atoms with van der Waals surface area (Å²) in [4.78, 5) is 0. The highest BCUT2D eigenvalue weighted by Crippen LogP contribution is 2.29. The van der Waals surface area contributed by atoms with E-state index >= 15 is 0 Å². The van der Waals surface area contributed by atoms with E-state index in [4.69, 9.17) is 16.0 Å². The SMILES string of the molecule is Fc1ccc(CC(Cl)c2ccc(Br)o2)c(F)c1. The summed E-state index contributed by atoms with van der Waals surface area (Å²) in [5.74, 6) is -0.651. The zero-order chi connectivity index (χ0) is 12.4. The molecule has 1 aromatic carbocycles. The van der Waals surface area contributed by atoms with Gasteiger partial charge in [0, 0.05) is 6.07 Å². The van der Waals surface area contributed by atoms with E-state index in [1.165, 1.54) is 12.1 Å². The van der Waals surface area contributed by atoms with Crippen LogP contribution in [0.1, 0.15) is 16.7 Å². The normalized spacial score (nSPS) is 12.7. The fraction of sp³-hybridized carbons (Fsp3) is 0.167. The lowest BCUT2D eigenvalue weighted by molar-refractivity contribution is 0.478. The molecule has 0 aliphatic heterocycles. The van der Waals surface area contributed by atoms with Crippen molar-refractivity contribution in [2.24, 2.45) is 0 Å². The topological polar surface area (TPSA) is 13.1 Å². The largest absolute Gasteiger partial charge is 0.453 e. The zero-order valence-electron chi connectivity index (χ0n) is 8.59. The summed E-state index contributed by atoms with van der Waals surface area (Å²) >= 11 is 9.25. The first-order valence-electron chi connectivity index (χ1n) is 4.89. The second kappa shape index (κ2) is 5.19. The molecule has 1 unspecified atom stereocenters. The maximum atomic E-state index is 13.4. The minimum atomic E-state index is -0.599. The van der Waals surface area contributed by atoms with Gasteiger partial charge in [-0.05, 0) is 46.1 Å². The van der Waals surface area contributed by atoms with Crippen LogP contribution >= 0.6 is 27.5 Å². The Morgan fingerprint density at radius 2 is 2.00 bits per heavy atom. The first kappa shape index (κ1) is 12.6. The molecule has 0 aliphatic rings. The van der Waals surface area contributed by atoms with E-state index in [-0.39, 0.29) is 6.42 Å². The van der Waals surface area contributed by atoms with Crippen LogP contribution in [-0.2, 0) is 6.42 Å². The molecule has 90 valence electrons. The van der Waals surface area contributed by atoms with Crippen molar-refractivity contribution in [3.8, 4) is 0 Å². The Bertz CT molecular complexity index is 527. The highest BCUT2D eigenvalue weighted by Gasteiger charge is 2.15. The molecule has 2 rings (SSSR count). The van der Waals surface area contributed by atoms with E-state index in [1.807, 2.05) is 0 Å². The van der Waals surface area contributed by atoms with E-state index in [0.29, 0.717) is 16.0 Å². The van der Waals surface area contributed by atoms with Crippen LogP contribution in [0.5, 0.6) is 0 Å². The third-order valence-corrected chi connectivity index (χ3v) is 3.11. The molecule has 0 aliphatic carbocycles. The van der Waals surface area contributed by atoms with Crippen molar-refractivity contribution < 1.29 is 13.2 Å². The van der Waals surface area contributed by atoms with Crippen molar-refractivity contribution >= 4 is 27.5 Å². The van der Waals surface area contributed by atoms with E-state index in [0.717, 1.165) is 6.07 Å². The average Bonchev–Trinajstić information content (AvgIpc) is 2.69. The Balaban J connectivity index is 2.15. The highest BCUT2D eigenvalue weighted by molar-refractivity contribution is 9.10. The van der Waals surface area contributed by atoms with Gasteiger partial charge in [-0.25, -0.2) is 8.78 Å². The highest BCUT2D eigenvalue weighted by atomic mass is 79.9. The smallest absolute Gasteiger partial charge is 0.169 e. The van der Waals surface area contributed by atoms with E-state index < -0.39 is 17.0 Å². The number of benzene rings is 1. The fourth-order valence-corrected chi connectivity index (χ4v) is 2.08. The quantitative estimate of drug-likeness (QED) is 0.737. The number of hydrogen-bond donors (Lipinski definition) is 0. The molecular weight excluding hydrogens is 313 g/mol. The van der Waals surface area contributed by atoms with Crippen LogP contribution < -0.4 is 0 Å². The second-order valence-corrected chi connectivity index (χ2v) is 4.86. The van der Waals surface area contributed by atoms with Crippen LogP contribution in [0.15, 0.2) is 39.4 Å². The Kier molecular flexibility index (Phi) is 3.84. The summed E-state index contributed by atoms with van der Waals surface area (Å²) in [6, 6.07) is 6.87. The van der Waals surface area contributed by atoms with E-state index in [1.54, 1.807) is 12.1 Å². The molecular formula is C12H8BrClF2O. The van der Waals surface area contributed by atoms with Crippen LogP contribution in [0.25, 0.3) is 0 Å². The molecule has 0 bridgehead atoms. The number of hydrogen-bond acceptors (Lipinski definition) is 1. The van der Waals surface area contributed by atoms with E-state index in [9.17, 15) is 8.78 Å². The van der Waals surface area contributed by atoms with E-state index in [2.05, 4.69) is 15.9 Å². The molecule has 1 heterocycles. The molecule has 1 nitrogen and oxygen atoms in total. The lowest BCUT2D eigenvalue weighted by Gasteiger charge is -2.07. The number of furan rings is 1. The Hall–Kier alpha value is -0.870. The van der Waals surface area contributed by atoms with Crippen molar-refractivity contribution in [2.45, 2.75) is 11.8 Å². The molecule has 0 spiro atoms. The number of alkyl halides is 1. The Morgan fingerprint density at radius 1 is 1.24 bits per heavy atom. The molecule has 0 N–H and O–H groups in total. The van der Waals surface area contributed by atoms with Gasteiger partial charge in [-0.3, -0.25) is 0 Å². The molecule has 0 saturated heterocycles. The number of halogens is 4. The van der Waals surface area contributed by atoms with Crippen LogP contribution in [-0.4, -0.2) is 0 Å². The molecule has 17 heavy (non-hydrogen) atoms. The summed E-state index contributed by atoms with van der Waals surface area (Å²) in [7, 11) is 0. The van der Waals surface area contributed by atoms with Gasteiger partial charge in [0.1, 0.15) is 17.4 Å². The predicted octanol–water partition coefficient (Wildman–Crippen LogP) is 4.84. The summed E-state index contributed by atoms with van der Waals surface area (Å²) in [6.45, 7) is 0. The maximum Gasteiger partial charge on any atom is 0.169 e. The number of rotatable bonds is 3. The Morgan fingerprint density at radius 3 is 2.59 bits per heavy atom. The zero-order valence-corrected chi connectivity index (χ0v) is 10.9. The first-order valence-corrected chi connectivity index (χ1v) is 6.12.